The van der Waals surface area contributed by atoms with E-state index in [0.29, 0.717) is 12.0 Å². The maximum absolute atomic E-state index is 14.1. The lowest BCUT2D eigenvalue weighted by Gasteiger charge is -2.32. The third kappa shape index (κ3) is 3.47. The predicted molar refractivity (Wildman–Crippen MR) is 80.5 cm³/mol. The summed E-state index contributed by atoms with van der Waals surface area (Å²) < 4.78 is 60.4. The lowest BCUT2D eigenvalue weighted by atomic mass is 9.87. The van der Waals surface area contributed by atoms with Crippen molar-refractivity contribution in [2.75, 3.05) is 0 Å². The minimum atomic E-state index is -4.73. The average molecular weight is 340 g/mol. The summed E-state index contributed by atoms with van der Waals surface area (Å²) in [5.74, 6) is -0.428. The summed E-state index contributed by atoms with van der Waals surface area (Å²) in [6.45, 7) is 3.79. The first-order valence-electron chi connectivity index (χ1n) is 7.54. The molecule has 2 nitrogen and oxygen atoms in total. The van der Waals surface area contributed by atoms with Crippen LogP contribution in [0.2, 0.25) is 0 Å². The average Bonchev–Trinajstić information content (AvgIpc) is 2.46. The summed E-state index contributed by atoms with van der Waals surface area (Å²) in [5, 5.41) is 0. The van der Waals surface area contributed by atoms with Crippen LogP contribution in [0.25, 0.3) is 0 Å². The van der Waals surface area contributed by atoms with E-state index in [9.17, 15) is 17.6 Å². The SMILES string of the molecule is Cc1cc(F)c2c(c1)CC(C)C(c1ccc(OC(F)(F)F)cc1)O2. The Morgan fingerprint density at radius 1 is 1.12 bits per heavy atom. The van der Waals surface area contributed by atoms with Gasteiger partial charge >= 0.3 is 6.36 Å². The number of fused-ring (bicyclic) bond motifs is 1. The molecule has 0 amide bonds. The van der Waals surface area contributed by atoms with Crippen LogP contribution in [-0.2, 0) is 6.42 Å². The molecule has 3 rings (SSSR count). The highest BCUT2D eigenvalue weighted by atomic mass is 19.4. The van der Waals surface area contributed by atoms with Crippen LogP contribution in [0.4, 0.5) is 17.6 Å². The second-order valence-electron chi connectivity index (χ2n) is 6.07. The Balaban J connectivity index is 1.85. The fourth-order valence-corrected chi connectivity index (χ4v) is 3.04. The van der Waals surface area contributed by atoms with Crippen LogP contribution in [0.5, 0.6) is 11.5 Å². The van der Waals surface area contributed by atoms with Crippen molar-refractivity contribution in [1.29, 1.82) is 0 Å². The van der Waals surface area contributed by atoms with E-state index in [2.05, 4.69) is 4.74 Å². The normalized spacial score (nSPS) is 20.2. The van der Waals surface area contributed by atoms with Crippen molar-refractivity contribution < 1.29 is 27.0 Å². The minimum Gasteiger partial charge on any atom is -0.482 e. The van der Waals surface area contributed by atoms with E-state index < -0.39 is 18.3 Å². The number of hydrogen-bond donors (Lipinski definition) is 0. The molecule has 6 heteroatoms. The Kier molecular flexibility index (Phi) is 4.15. The Bertz CT molecular complexity index is 738. The highest BCUT2D eigenvalue weighted by Crippen LogP contribution is 2.40. The van der Waals surface area contributed by atoms with Crippen LogP contribution >= 0.6 is 0 Å². The van der Waals surface area contributed by atoms with E-state index in [0.717, 1.165) is 11.1 Å². The Labute approximate surface area is 137 Å². The molecule has 0 radical (unpaired) electrons. The Hall–Kier alpha value is -2.24. The molecule has 0 saturated heterocycles. The molecule has 128 valence electrons. The first kappa shape index (κ1) is 16.6. The summed E-state index contributed by atoms with van der Waals surface area (Å²) in [5.41, 5.74) is 2.32. The molecule has 1 aliphatic heterocycles. The number of rotatable bonds is 2. The van der Waals surface area contributed by atoms with Gasteiger partial charge in [0.15, 0.2) is 11.6 Å². The van der Waals surface area contributed by atoms with E-state index in [1.54, 1.807) is 0 Å². The number of hydrogen-bond acceptors (Lipinski definition) is 2. The van der Waals surface area contributed by atoms with Crippen LogP contribution in [0.15, 0.2) is 36.4 Å². The second kappa shape index (κ2) is 6.00. The Morgan fingerprint density at radius 2 is 1.79 bits per heavy atom. The lowest BCUT2D eigenvalue weighted by Crippen LogP contribution is -2.24. The van der Waals surface area contributed by atoms with Gasteiger partial charge in [0.1, 0.15) is 11.9 Å². The summed E-state index contributed by atoms with van der Waals surface area (Å²) in [6, 6.07) is 8.80. The van der Waals surface area contributed by atoms with Gasteiger partial charge in [0.2, 0.25) is 0 Å². The van der Waals surface area contributed by atoms with Gasteiger partial charge in [-0.15, -0.1) is 13.2 Å². The van der Waals surface area contributed by atoms with E-state index in [-0.39, 0.29) is 17.4 Å². The van der Waals surface area contributed by atoms with Crippen molar-refractivity contribution in [1.82, 2.24) is 0 Å². The van der Waals surface area contributed by atoms with E-state index in [1.165, 1.54) is 30.3 Å². The van der Waals surface area contributed by atoms with Gasteiger partial charge < -0.3 is 9.47 Å². The Morgan fingerprint density at radius 3 is 2.42 bits per heavy atom. The smallest absolute Gasteiger partial charge is 0.482 e. The summed E-state index contributed by atoms with van der Waals surface area (Å²) in [6.07, 6.45) is -4.51. The van der Waals surface area contributed by atoms with Crippen molar-refractivity contribution >= 4 is 0 Å². The van der Waals surface area contributed by atoms with Crippen molar-refractivity contribution in [3.05, 3.63) is 58.9 Å². The molecule has 2 aromatic carbocycles. The first-order valence-corrected chi connectivity index (χ1v) is 7.54. The van der Waals surface area contributed by atoms with Gasteiger partial charge in [0.25, 0.3) is 0 Å². The van der Waals surface area contributed by atoms with Gasteiger partial charge in [-0.2, -0.15) is 0 Å². The largest absolute Gasteiger partial charge is 0.573 e. The molecule has 1 heterocycles. The highest BCUT2D eigenvalue weighted by Gasteiger charge is 2.32. The molecular weight excluding hydrogens is 324 g/mol. The van der Waals surface area contributed by atoms with Crippen LogP contribution in [0.3, 0.4) is 0 Å². The monoisotopic (exact) mass is 340 g/mol. The fraction of sp³-hybridized carbons (Fsp3) is 0.333. The van der Waals surface area contributed by atoms with E-state index in [4.69, 9.17) is 4.74 Å². The van der Waals surface area contributed by atoms with Crippen molar-refractivity contribution in [3.8, 4) is 11.5 Å². The fourth-order valence-electron chi connectivity index (χ4n) is 3.04. The number of benzene rings is 2. The van der Waals surface area contributed by atoms with Crippen LogP contribution in [0.1, 0.15) is 29.7 Å². The zero-order valence-electron chi connectivity index (χ0n) is 13.2. The number of ether oxygens (including phenoxy) is 2. The summed E-state index contributed by atoms with van der Waals surface area (Å²) in [4.78, 5) is 0. The zero-order valence-corrected chi connectivity index (χ0v) is 13.2. The van der Waals surface area contributed by atoms with Crippen LogP contribution in [0, 0.1) is 18.7 Å². The van der Waals surface area contributed by atoms with E-state index >= 15 is 0 Å². The quantitative estimate of drug-likeness (QED) is 0.687. The molecule has 0 aliphatic carbocycles. The molecular formula is C18H16F4O2. The highest BCUT2D eigenvalue weighted by molar-refractivity contribution is 5.42. The molecule has 2 atom stereocenters. The molecule has 0 aromatic heterocycles. The van der Waals surface area contributed by atoms with Crippen molar-refractivity contribution in [2.24, 2.45) is 5.92 Å². The maximum atomic E-state index is 14.1. The number of alkyl halides is 3. The van der Waals surface area contributed by atoms with Gasteiger partial charge in [-0.1, -0.05) is 25.1 Å². The molecule has 0 N–H and O–H groups in total. The van der Waals surface area contributed by atoms with Gasteiger partial charge in [0.05, 0.1) is 0 Å². The molecule has 0 bridgehead atoms. The van der Waals surface area contributed by atoms with Crippen molar-refractivity contribution in [2.45, 2.75) is 32.7 Å². The molecule has 2 aromatic rings. The lowest BCUT2D eigenvalue weighted by molar-refractivity contribution is -0.274. The van der Waals surface area contributed by atoms with E-state index in [1.807, 2.05) is 19.9 Å². The first-order chi connectivity index (χ1) is 11.2. The van der Waals surface area contributed by atoms with Gasteiger partial charge in [0, 0.05) is 5.92 Å². The van der Waals surface area contributed by atoms with Crippen molar-refractivity contribution in [3.63, 3.8) is 0 Å². The third-order valence-electron chi connectivity index (χ3n) is 4.01. The minimum absolute atomic E-state index is 0.0630. The molecule has 0 fully saturated rings. The van der Waals surface area contributed by atoms with Gasteiger partial charge in [-0.25, -0.2) is 4.39 Å². The van der Waals surface area contributed by atoms with Gasteiger partial charge in [-0.05, 0) is 48.2 Å². The molecule has 24 heavy (non-hydrogen) atoms. The molecule has 2 unspecified atom stereocenters. The maximum Gasteiger partial charge on any atom is 0.573 e. The topological polar surface area (TPSA) is 18.5 Å². The molecule has 0 spiro atoms. The summed E-state index contributed by atoms with van der Waals surface area (Å²) in [7, 11) is 0. The number of halogens is 4. The van der Waals surface area contributed by atoms with Gasteiger partial charge in [-0.3, -0.25) is 0 Å². The van der Waals surface area contributed by atoms with Crippen LogP contribution in [-0.4, -0.2) is 6.36 Å². The molecule has 0 saturated carbocycles. The third-order valence-corrected chi connectivity index (χ3v) is 4.01. The number of aryl methyl sites for hydroxylation is 1. The summed E-state index contributed by atoms with van der Waals surface area (Å²) >= 11 is 0. The standard InChI is InChI=1S/C18H16F4O2/c1-10-7-13-9-11(2)16(23-17(13)15(19)8-10)12-3-5-14(6-4-12)24-18(20,21)22/h3-8,11,16H,9H2,1-2H3. The molecule has 1 aliphatic rings. The van der Waals surface area contributed by atoms with Crippen LogP contribution < -0.4 is 9.47 Å². The zero-order chi connectivity index (χ0) is 17.5. The predicted octanol–water partition coefficient (Wildman–Crippen LogP) is 5.35. The second-order valence-corrected chi connectivity index (χ2v) is 6.07.